The van der Waals surface area contributed by atoms with E-state index in [9.17, 15) is 5.11 Å². The number of hydrogen-bond acceptors (Lipinski definition) is 2. The predicted octanol–water partition coefficient (Wildman–Crippen LogP) is 3.36. The zero-order valence-electron chi connectivity index (χ0n) is 6.46. The lowest BCUT2D eigenvalue weighted by Crippen LogP contribution is -1.80. The normalized spacial score (nSPS) is 10.6. The van der Waals surface area contributed by atoms with E-state index in [-0.39, 0.29) is 5.75 Å². The molecule has 0 unspecified atom stereocenters. The summed E-state index contributed by atoms with van der Waals surface area (Å²) in [5, 5.41) is 11.3. The van der Waals surface area contributed by atoms with Crippen molar-refractivity contribution in [1.82, 2.24) is 4.98 Å². The number of pyridine rings is 1. The molecule has 13 heavy (non-hydrogen) atoms. The Morgan fingerprint density at radius 3 is 2.85 bits per heavy atom. The maximum atomic E-state index is 9.45. The molecule has 2 rings (SSSR count). The van der Waals surface area contributed by atoms with Crippen molar-refractivity contribution in [3.8, 4) is 5.75 Å². The first-order valence-corrected chi connectivity index (χ1v) is 4.78. The monoisotopic (exact) mass is 257 g/mol. The number of nitrogens with zero attached hydrogens (tertiary/aromatic N) is 1. The van der Waals surface area contributed by atoms with E-state index < -0.39 is 0 Å². The van der Waals surface area contributed by atoms with Gasteiger partial charge in [-0.2, -0.15) is 0 Å². The van der Waals surface area contributed by atoms with E-state index in [0.717, 1.165) is 9.86 Å². The highest BCUT2D eigenvalue weighted by molar-refractivity contribution is 9.10. The summed E-state index contributed by atoms with van der Waals surface area (Å²) < 4.78 is 0.911. The van der Waals surface area contributed by atoms with Crippen molar-refractivity contribution in [3.05, 3.63) is 34.0 Å². The topological polar surface area (TPSA) is 33.1 Å². The summed E-state index contributed by atoms with van der Waals surface area (Å²) in [5.41, 5.74) is 0. The standard InChI is InChI=1S/C9H5BrClNO/c10-5-1-2-6-7(3-5)9(11)12-4-8(6)13/h1-4,13H. The summed E-state index contributed by atoms with van der Waals surface area (Å²) in [5.74, 6) is 0.145. The van der Waals surface area contributed by atoms with Crippen LogP contribution in [0.15, 0.2) is 28.9 Å². The molecular formula is C9H5BrClNO. The number of aromatic nitrogens is 1. The fourth-order valence-electron chi connectivity index (χ4n) is 1.17. The third kappa shape index (κ3) is 1.49. The van der Waals surface area contributed by atoms with Gasteiger partial charge in [-0.1, -0.05) is 27.5 Å². The predicted molar refractivity (Wildman–Crippen MR) is 56.1 cm³/mol. The molecule has 4 heteroatoms. The SMILES string of the molecule is Oc1cnc(Cl)c2cc(Br)ccc12. The molecule has 2 aromatic rings. The van der Waals surface area contributed by atoms with Crippen LogP contribution >= 0.6 is 27.5 Å². The average Bonchev–Trinajstić information content (AvgIpc) is 2.12. The molecule has 0 aliphatic heterocycles. The molecule has 0 aliphatic rings. The number of fused-ring (bicyclic) bond motifs is 1. The summed E-state index contributed by atoms with van der Waals surface area (Å²) in [6, 6.07) is 5.46. The molecule has 2 nitrogen and oxygen atoms in total. The first kappa shape index (κ1) is 8.78. The second kappa shape index (κ2) is 3.16. The van der Waals surface area contributed by atoms with Gasteiger partial charge in [0.05, 0.1) is 6.20 Å². The van der Waals surface area contributed by atoms with Crippen molar-refractivity contribution in [2.24, 2.45) is 0 Å². The van der Waals surface area contributed by atoms with E-state index >= 15 is 0 Å². The largest absolute Gasteiger partial charge is 0.506 e. The lowest BCUT2D eigenvalue weighted by atomic mass is 10.2. The quantitative estimate of drug-likeness (QED) is 0.735. The van der Waals surface area contributed by atoms with E-state index in [0.29, 0.717) is 10.5 Å². The molecule has 0 bridgehead atoms. The molecule has 0 aliphatic carbocycles. The Balaban J connectivity index is 2.92. The zero-order valence-corrected chi connectivity index (χ0v) is 8.80. The minimum Gasteiger partial charge on any atom is -0.506 e. The van der Waals surface area contributed by atoms with Crippen molar-refractivity contribution in [3.63, 3.8) is 0 Å². The Morgan fingerprint density at radius 1 is 1.31 bits per heavy atom. The highest BCUT2D eigenvalue weighted by atomic mass is 79.9. The average molecular weight is 259 g/mol. The van der Waals surface area contributed by atoms with E-state index in [4.69, 9.17) is 11.6 Å². The van der Waals surface area contributed by atoms with Gasteiger partial charge in [-0.3, -0.25) is 0 Å². The van der Waals surface area contributed by atoms with Gasteiger partial charge in [-0.25, -0.2) is 4.98 Å². The molecule has 66 valence electrons. The summed E-state index contributed by atoms with van der Waals surface area (Å²) in [7, 11) is 0. The Labute approximate surface area is 88.3 Å². The Hall–Kier alpha value is -0.800. The van der Waals surface area contributed by atoms with Gasteiger partial charge in [-0.15, -0.1) is 0 Å². The third-order valence-corrected chi connectivity index (χ3v) is 2.57. The molecule has 1 heterocycles. The molecule has 1 N–H and O–H groups in total. The van der Waals surface area contributed by atoms with Gasteiger partial charge in [0.2, 0.25) is 0 Å². The Bertz CT molecular complexity index is 472. The van der Waals surface area contributed by atoms with E-state index in [2.05, 4.69) is 20.9 Å². The summed E-state index contributed by atoms with van der Waals surface area (Å²) in [4.78, 5) is 3.84. The van der Waals surface area contributed by atoms with Crippen molar-refractivity contribution < 1.29 is 5.11 Å². The maximum absolute atomic E-state index is 9.45. The van der Waals surface area contributed by atoms with Crippen molar-refractivity contribution in [2.75, 3.05) is 0 Å². The minimum atomic E-state index is 0.145. The van der Waals surface area contributed by atoms with Crippen LogP contribution in [0.1, 0.15) is 0 Å². The van der Waals surface area contributed by atoms with Crippen LogP contribution in [-0.4, -0.2) is 10.1 Å². The van der Waals surface area contributed by atoms with Crippen LogP contribution in [0.25, 0.3) is 10.8 Å². The van der Waals surface area contributed by atoms with Crippen LogP contribution in [-0.2, 0) is 0 Å². The molecule has 1 aromatic carbocycles. The lowest BCUT2D eigenvalue weighted by molar-refractivity contribution is 0.479. The number of hydrogen-bond donors (Lipinski definition) is 1. The van der Waals surface area contributed by atoms with Crippen molar-refractivity contribution >= 4 is 38.3 Å². The van der Waals surface area contributed by atoms with Crippen LogP contribution in [0.3, 0.4) is 0 Å². The van der Waals surface area contributed by atoms with Gasteiger partial charge in [0.1, 0.15) is 10.9 Å². The van der Waals surface area contributed by atoms with Gasteiger partial charge < -0.3 is 5.11 Å². The van der Waals surface area contributed by atoms with Crippen LogP contribution < -0.4 is 0 Å². The van der Waals surface area contributed by atoms with Gasteiger partial charge in [-0.05, 0) is 18.2 Å². The first-order chi connectivity index (χ1) is 6.18. The molecule has 0 spiro atoms. The highest BCUT2D eigenvalue weighted by Gasteiger charge is 2.04. The van der Waals surface area contributed by atoms with Crippen LogP contribution in [0.2, 0.25) is 5.15 Å². The fraction of sp³-hybridized carbons (Fsp3) is 0. The van der Waals surface area contributed by atoms with Gasteiger partial charge in [0.25, 0.3) is 0 Å². The Morgan fingerprint density at radius 2 is 2.08 bits per heavy atom. The number of rotatable bonds is 0. The second-order valence-electron chi connectivity index (χ2n) is 2.62. The Kier molecular flexibility index (Phi) is 2.14. The maximum Gasteiger partial charge on any atom is 0.141 e. The molecule has 0 saturated carbocycles. The molecule has 0 radical (unpaired) electrons. The number of halogens is 2. The summed E-state index contributed by atoms with van der Waals surface area (Å²) in [6.45, 7) is 0. The minimum absolute atomic E-state index is 0.145. The van der Waals surface area contributed by atoms with E-state index in [1.54, 1.807) is 6.07 Å². The van der Waals surface area contributed by atoms with Crippen LogP contribution in [0.4, 0.5) is 0 Å². The van der Waals surface area contributed by atoms with E-state index in [1.807, 2.05) is 12.1 Å². The molecule has 0 fully saturated rings. The van der Waals surface area contributed by atoms with Crippen LogP contribution in [0, 0.1) is 0 Å². The van der Waals surface area contributed by atoms with Crippen molar-refractivity contribution in [2.45, 2.75) is 0 Å². The van der Waals surface area contributed by atoms with Gasteiger partial charge >= 0.3 is 0 Å². The fourth-order valence-corrected chi connectivity index (χ4v) is 1.73. The third-order valence-electron chi connectivity index (χ3n) is 1.78. The van der Waals surface area contributed by atoms with Crippen LogP contribution in [0.5, 0.6) is 5.75 Å². The highest BCUT2D eigenvalue weighted by Crippen LogP contribution is 2.30. The summed E-state index contributed by atoms with van der Waals surface area (Å²) in [6.07, 6.45) is 1.35. The molecular weight excluding hydrogens is 253 g/mol. The molecule has 0 amide bonds. The lowest BCUT2D eigenvalue weighted by Gasteiger charge is -2.02. The molecule has 1 aromatic heterocycles. The smallest absolute Gasteiger partial charge is 0.141 e. The van der Waals surface area contributed by atoms with Crippen molar-refractivity contribution in [1.29, 1.82) is 0 Å². The van der Waals surface area contributed by atoms with Gasteiger partial charge in [0.15, 0.2) is 0 Å². The molecule has 0 saturated heterocycles. The molecule has 0 atom stereocenters. The number of aromatic hydroxyl groups is 1. The van der Waals surface area contributed by atoms with Gasteiger partial charge in [0, 0.05) is 15.2 Å². The van der Waals surface area contributed by atoms with E-state index in [1.165, 1.54) is 6.20 Å². The first-order valence-electron chi connectivity index (χ1n) is 3.61. The second-order valence-corrected chi connectivity index (χ2v) is 3.90. The number of benzene rings is 1. The summed E-state index contributed by atoms with van der Waals surface area (Å²) >= 11 is 9.18. The zero-order chi connectivity index (χ0) is 9.42.